The van der Waals surface area contributed by atoms with Crippen molar-refractivity contribution in [2.24, 2.45) is 5.92 Å². The van der Waals surface area contributed by atoms with Gasteiger partial charge in [-0.25, -0.2) is 0 Å². The summed E-state index contributed by atoms with van der Waals surface area (Å²) in [6, 6.07) is 0. The summed E-state index contributed by atoms with van der Waals surface area (Å²) in [5.41, 5.74) is -0.702. The Morgan fingerprint density at radius 3 is 2.56 bits per heavy atom. The van der Waals surface area contributed by atoms with E-state index in [9.17, 15) is 9.59 Å². The first-order valence-corrected chi connectivity index (χ1v) is 5.94. The predicted octanol–water partition coefficient (Wildman–Crippen LogP) is 1.16. The monoisotopic (exact) mass is 226 g/mol. The molecule has 4 nitrogen and oxygen atoms in total. The lowest BCUT2D eigenvalue weighted by Gasteiger charge is -2.41. The SMILES string of the molecule is CC(C)CCCN1C(=O)CNC(=O)C1(C)C. The Bertz CT molecular complexity index is 285. The lowest BCUT2D eigenvalue weighted by Crippen LogP contribution is -2.64. The second kappa shape index (κ2) is 4.85. The molecule has 0 bridgehead atoms. The average molecular weight is 226 g/mol. The zero-order valence-electron chi connectivity index (χ0n) is 10.7. The number of rotatable bonds is 4. The first-order valence-electron chi connectivity index (χ1n) is 5.94. The van der Waals surface area contributed by atoms with Gasteiger partial charge in [0.1, 0.15) is 5.54 Å². The number of nitrogens with one attached hydrogen (secondary N) is 1. The zero-order valence-corrected chi connectivity index (χ0v) is 10.7. The van der Waals surface area contributed by atoms with E-state index in [1.165, 1.54) is 0 Å². The maximum absolute atomic E-state index is 11.7. The Kier molecular flexibility index (Phi) is 3.94. The fourth-order valence-corrected chi connectivity index (χ4v) is 1.96. The van der Waals surface area contributed by atoms with E-state index in [0.29, 0.717) is 12.5 Å². The molecule has 0 radical (unpaired) electrons. The zero-order chi connectivity index (χ0) is 12.3. The van der Waals surface area contributed by atoms with E-state index in [1.54, 1.807) is 18.7 Å². The fraction of sp³-hybridized carbons (Fsp3) is 0.833. The molecule has 1 aliphatic rings. The third kappa shape index (κ3) is 2.74. The van der Waals surface area contributed by atoms with Crippen LogP contribution in [-0.2, 0) is 9.59 Å². The van der Waals surface area contributed by atoms with Crippen LogP contribution >= 0.6 is 0 Å². The summed E-state index contributed by atoms with van der Waals surface area (Å²) in [4.78, 5) is 25.1. The highest BCUT2D eigenvalue weighted by Crippen LogP contribution is 2.19. The average Bonchev–Trinajstić information content (AvgIpc) is 2.17. The number of nitrogens with zero attached hydrogens (tertiary/aromatic N) is 1. The molecule has 0 spiro atoms. The van der Waals surface area contributed by atoms with Crippen molar-refractivity contribution < 1.29 is 9.59 Å². The largest absolute Gasteiger partial charge is 0.345 e. The van der Waals surface area contributed by atoms with Gasteiger partial charge in [0, 0.05) is 6.54 Å². The third-order valence-corrected chi connectivity index (χ3v) is 3.09. The summed E-state index contributed by atoms with van der Waals surface area (Å²) < 4.78 is 0. The number of amides is 2. The molecule has 1 fully saturated rings. The van der Waals surface area contributed by atoms with E-state index in [0.717, 1.165) is 12.8 Å². The maximum Gasteiger partial charge on any atom is 0.245 e. The Morgan fingerprint density at radius 1 is 1.38 bits per heavy atom. The highest BCUT2D eigenvalue weighted by molar-refractivity contribution is 5.97. The molecule has 0 saturated carbocycles. The predicted molar refractivity (Wildman–Crippen MR) is 62.9 cm³/mol. The summed E-state index contributed by atoms with van der Waals surface area (Å²) in [7, 11) is 0. The standard InChI is InChI=1S/C12H22N2O2/c1-9(2)6-5-7-14-10(15)8-13-11(16)12(14,3)4/h9H,5-8H2,1-4H3,(H,13,16). The first kappa shape index (κ1) is 13.0. The van der Waals surface area contributed by atoms with E-state index in [1.807, 2.05) is 0 Å². The van der Waals surface area contributed by atoms with Crippen LogP contribution in [0.4, 0.5) is 0 Å². The van der Waals surface area contributed by atoms with Crippen LogP contribution in [0, 0.1) is 5.92 Å². The quantitative estimate of drug-likeness (QED) is 0.782. The minimum absolute atomic E-state index is 0.0216. The number of hydrogen-bond acceptors (Lipinski definition) is 2. The third-order valence-electron chi connectivity index (χ3n) is 3.09. The molecule has 0 aliphatic carbocycles. The van der Waals surface area contributed by atoms with Gasteiger partial charge in [-0.1, -0.05) is 13.8 Å². The van der Waals surface area contributed by atoms with Crippen molar-refractivity contribution in [3.8, 4) is 0 Å². The van der Waals surface area contributed by atoms with Gasteiger partial charge < -0.3 is 10.2 Å². The van der Waals surface area contributed by atoms with Crippen molar-refractivity contribution in [3.05, 3.63) is 0 Å². The minimum atomic E-state index is -0.702. The van der Waals surface area contributed by atoms with Crippen LogP contribution in [0.15, 0.2) is 0 Å². The van der Waals surface area contributed by atoms with E-state index < -0.39 is 5.54 Å². The molecule has 0 aromatic carbocycles. The van der Waals surface area contributed by atoms with Gasteiger partial charge in [-0.15, -0.1) is 0 Å². The molecule has 16 heavy (non-hydrogen) atoms. The van der Waals surface area contributed by atoms with Gasteiger partial charge in [-0.2, -0.15) is 0 Å². The van der Waals surface area contributed by atoms with Crippen LogP contribution in [0.3, 0.4) is 0 Å². The lowest BCUT2D eigenvalue weighted by molar-refractivity contribution is -0.151. The van der Waals surface area contributed by atoms with Crippen LogP contribution in [-0.4, -0.2) is 35.3 Å². The molecule has 0 atom stereocenters. The maximum atomic E-state index is 11.7. The van der Waals surface area contributed by atoms with E-state index >= 15 is 0 Å². The minimum Gasteiger partial charge on any atom is -0.345 e. The molecule has 4 heteroatoms. The molecule has 0 unspecified atom stereocenters. The van der Waals surface area contributed by atoms with Crippen molar-refractivity contribution in [1.29, 1.82) is 0 Å². The molecule has 1 aliphatic heterocycles. The Balaban J connectivity index is 2.60. The number of piperazine rings is 1. The van der Waals surface area contributed by atoms with Crippen molar-refractivity contribution in [1.82, 2.24) is 10.2 Å². The van der Waals surface area contributed by atoms with Crippen molar-refractivity contribution in [2.45, 2.75) is 46.1 Å². The number of carbonyl (C=O) groups excluding carboxylic acids is 2. The van der Waals surface area contributed by atoms with Crippen molar-refractivity contribution in [3.63, 3.8) is 0 Å². The summed E-state index contributed by atoms with van der Waals surface area (Å²) in [5, 5.41) is 2.62. The van der Waals surface area contributed by atoms with Gasteiger partial charge in [0.05, 0.1) is 6.54 Å². The highest BCUT2D eigenvalue weighted by Gasteiger charge is 2.40. The van der Waals surface area contributed by atoms with Gasteiger partial charge in [0.2, 0.25) is 11.8 Å². The summed E-state index contributed by atoms with van der Waals surface area (Å²) in [6.07, 6.45) is 2.04. The van der Waals surface area contributed by atoms with Crippen LogP contribution < -0.4 is 5.32 Å². The topological polar surface area (TPSA) is 49.4 Å². The Hall–Kier alpha value is -1.06. The Labute approximate surface area is 97.4 Å². The van der Waals surface area contributed by atoms with Crippen LogP contribution in [0.1, 0.15) is 40.5 Å². The second-order valence-electron chi connectivity index (χ2n) is 5.32. The molecule has 92 valence electrons. The van der Waals surface area contributed by atoms with Crippen LogP contribution in [0.2, 0.25) is 0 Å². The van der Waals surface area contributed by atoms with Gasteiger partial charge >= 0.3 is 0 Å². The van der Waals surface area contributed by atoms with E-state index in [2.05, 4.69) is 19.2 Å². The highest BCUT2D eigenvalue weighted by atomic mass is 16.2. The number of carbonyl (C=O) groups is 2. The van der Waals surface area contributed by atoms with Crippen LogP contribution in [0.5, 0.6) is 0 Å². The molecular weight excluding hydrogens is 204 g/mol. The molecule has 1 rings (SSSR count). The van der Waals surface area contributed by atoms with Gasteiger partial charge in [0.25, 0.3) is 0 Å². The fourth-order valence-electron chi connectivity index (χ4n) is 1.96. The van der Waals surface area contributed by atoms with Gasteiger partial charge in [-0.05, 0) is 32.6 Å². The van der Waals surface area contributed by atoms with Crippen molar-refractivity contribution in [2.75, 3.05) is 13.1 Å². The normalized spacial score (nSPS) is 20.2. The lowest BCUT2D eigenvalue weighted by atomic mass is 9.97. The molecule has 1 N–H and O–H groups in total. The molecule has 2 amide bonds. The van der Waals surface area contributed by atoms with E-state index in [4.69, 9.17) is 0 Å². The number of hydrogen-bond donors (Lipinski definition) is 1. The van der Waals surface area contributed by atoms with Gasteiger partial charge in [0.15, 0.2) is 0 Å². The summed E-state index contributed by atoms with van der Waals surface area (Å²) >= 11 is 0. The summed E-state index contributed by atoms with van der Waals surface area (Å²) in [5.74, 6) is 0.599. The molecule has 1 heterocycles. The Morgan fingerprint density at radius 2 is 2.00 bits per heavy atom. The molecule has 1 saturated heterocycles. The van der Waals surface area contributed by atoms with Crippen molar-refractivity contribution >= 4 is 11.8 Å². The van der Waals surface area contributed by atoms with Crippen LogP contribution in [0.25, 0.3) is 0 Å². The smallest absolute Gasteiger partial charge is 0.245 e. The molecule has 0 aromatic heterocycles. The second-order valence-corrected chi connectivity index (χ2v) is 5.32. The van der Waals surface area contributed by atoms with E-state index in [-0.39, 0.29) is 18.4 Å². The molecular formula is C12H22N2O2. The van der Waals surface area contributed by atoms with Gasteiger partial charge in [-0.3, -0.25) is 9.59 Å². The summed E-state index contributed by atoms with van der Waals surface area (Å²) in [6.45, 7) is 8.75. The first-order chi connectivity index (χ1) is 7.35. The molecule has 0 aromatic rings.